The van der Waals surface area contributed by atoms with Crippen molar-refractivity contribution in [2.45, 2.75) is 12.6 Å². The number of nitrogens with two attached hydrogens (primary N) is 1. The Morgan fingerprint density at radius 2 is 2.06 bits per heavy atom. The van der Waals surface area contributed by atoms with Crippen molar-refractivity contribution < 1.29 is 13.2 Å². The molecule has 2 rings (SSSR count). The Balaban J connectivity index is 2.46. The third-order valence-electron chi connectivity index (χ3n) is 2.07. The second-order valence-electron chi connectivity index (χ2n) is 3.29. The fourth-order valence-electron chi connectivity index (χ4n) is 1.33. The minimum absolute atomic E-state index is 0.364. The number of hydrogen-bond acceptors (Lipinski definition) is 3. The van der Waals surface area contributed by atoms with E-state index in [4.69, 9.17) is 5.73 Å². The third kappa shape index (κ3) is 1.99. The van der Waals surface area contributed by atoms with E-state index in [0.717, 1.165) is 16.8 Å². The fraction of sp³-hybridized carbons (Fsp3) is 0.333. The first-order valence-corrected chi connectivity index (χ1v) is 4.63. The monoisotopic (exact) mass is 230 g/mol. The Morgan fingerprint density at radius 1 is 1.31 bits per heavy atom. The number of halogens is 3. The number of pyridine rings is 1. The van der Waals surface area contributed by atoms with Crippen molar-refractivity contribution in [3.63, 3.8) is 0 Å². The summed E-state index contributed by atoms with van der Waals surface area (Å²) in [5, 5.41) is 3.90. The second kappa shape index (κ2) is 3.75. The zero-order valence-electron chi connectivity index (χ0n) is 8.20. The molecule has 0 radical (unpaired) electrons. The van der Waals surface area contributed by atoms with Crippen LogP contribution >= 0.6 is 0 Å². The van der Waals surface area contributed by atoms with E-state index >= 15 is 0 Å². The smallest absolute Gasteiger partial charge is 0.330 e. The molecular formula is C9H9F3N4. The van der Waals surface area contributed by atoms with Gasteiger partial charge in [0, 0.05) is 12.6 Å². The van der Waals surface area contributed by atoms with Gasteiger partial charge in [-0.2, -0.15) is 18.3 Å². The summed E-state index contributed by atoms with van der Waals surface area (Å²) < 4.78 is 38.3. The van der Waals surface area contributed by atoms with Gasteiger partial charge in [0.2, 0.25) is 0 Å². The molecule has 0 aliphatic rings. The highest BCUT2D eigenvalue weighted by Gasteiger charge is 2.31. The molecule has 0 spiro atoms. The zero-order chi connectivity index (χ0) is 11.8. The average Bonchev–Trinajstić information content (AvgIpc) is 2.57. The molecule has 0 aromatic carbocycles. The van der Waals surface area contributed by atoms with Gasteiger partial charge in [-0.15, -0.1) is 0 Å². The van der Waals surface area contributed by atoms with Crippen molar-refractivity contribution in [3.05, 3.63) is 29.7 Å². The van der Waals surface area contributed by atoms with Gasteiger partial charge >= 0.3 is 6.18 Å². The highest BCUT2D eigenvalue weighted by molar-refractivity contribution is 5.39. The van der Waals surface area contributed by atoms with Crippen LogP contribution in [-0.4, -0.2) is 21.1 Å². The van der Waals surface area contributed by atoms with Crippen LogP contribution in [0.25, 0.3) is 5.65 Å². The van der Waals surface area contributed by atoms with Crippen molar-refractivity contribution in [1.82, 2.24) is 14.6 Å². The van der Waals surface area contributed by atoms with Crippen LogP contribution in [0.3, 0.4) is 0 Å². The van der Waals surface area contributed by atoms with E-state index in [0.29, 0.717) is 24.4 Å². The van der Waals surface area contributed by atoms with Crippen LogP contribution in [0, 0.1) is 0 Å². The summed E-state index contributed by atoms with van der Waals surface area (Å²) in [5.74, 6) is 0.446. The molecule has 0 saturated carbocycles. The van der Waals surface area contributed by atoms with Crippen LogP contribution in [0.1, 0.15) is 11.4 Å². The molecule has 2 aromatic heterocycles. The van der Waals surface area contributed by atoms with E-state index in [2.05, 4.69) is 10.1 Å². The maximum absolute atomic E-state index is 12.4. The fourth-order valence-corrected chi connectivity index (χ4v) is 1.33. The van der Waals surface area contributed by atoms with E-state index in [1.165, 1.54) is 6.07 Å². The molecule has 16 heavy (non-hydrogen) atoms. The number of nitrogens with zero attached hydrogens (tertiary/aromatic N) is 3. The molecule has 4 nitrogen and oxygen atoms in total. The van der Waals surface area contributed by atoms with E-state index in [-0.39, 0.29) is 0 Å². The predicted molar refractivity (Wildman–Crippen MR) is 50.7 cm³/mol. The molecule has 2 aromatic rings. The highest BCUT2D eigenvalue weighted by atomic mass is 19.4. The minimum atomic E-state index is -4.37. The first-order valence-electron chi connectivity index (χ1n) is 4.63. The van der Waals surface area contributed by atoms with Gasteiger partial charge in [-0.1, -0.05) is 0 Å². The van der Waals surface area contributed by atoms with Gasteiger partial charge in [0.05, 0.1) is 5.56 Å². The van der Waals surface area contributed by atoms with Crippen molar-refractivity contribution in [3.8, 4) is 0 Å². The van der Waals surface area contributed by atoms with Crippen molar-refractivity contribution in [1.29, 1.82) is 0 Å². The third-order valence-corrected chi connectivity index (χ3v) is 2.07. The Kier molecular flexibility index (Phi) is 2.55. The zero-order valence-corrected chi connectivity index (χ0v) is 8.20. The number of fused-ring (bicyclic) bond motifs is 1. The largest absolute Gasteiger partial charge is 0.417 e. The van der Waals surface area contributed by atoms with Crippen LogP contribution < -0.4 is 5.73 Å². The van der Waals surface area contributed by atoms with Crippen molar-refractivity contribution in [2.75, 3.05) is 6.54 Å². The molecule has 0 bridgehead atoms. The van der Waals surface area contributed by atoms with Crippen molar-refractivity contribution >= 4 is 5.65 Å². The van der Waals surface area contributed by atoms with Crippen LogP contribution in [0.2, 0.25) is 0 Å². The van der Waals surface area contributed by atoms with Gasteiger partial charge < -0.3 is 5.73 Å². The Hall–Kier alpha value is -1.63. The maximum Gasteiger partial charge on any atom is 0.417 e. The summed E-state index contributed by atoms with van der Waals surface area (Å²) in [6.45, 7) is 0.364. The molecule has 0 aliphatic heterocycles. The van der Waals surface area contributed by atoms with E-state index in [1.807, 2.05) is 0 Å². The second-order valence-corrected chi connectivity index (χ2v) is 3.29. The standard InChI is InChI=1S/C9H9F3N4/c10-9(11,12)6-1-2-8-14-7(3-4-13)15-16(8)5-6/h1-2,5H,3-4,13H2. The quantitative estimate of drug-likeness (QED) is 0.844. The number of hydrogen-bond donors (Lipinski definition) is 1. The van der Waals surface area contributed by atoms with E-state index < -0.39 is 11.7 Å². The van der Waals surface area contributed by atoms with Crippen LogP contribution in [-0.2, 0) is 12.6 Å². The summed E-state index contributed by atoms with van der Waals surface area (Å²) in [6, 6.07) is 2.27. The van der Waals surface area contributed by atoms with Crippen LogP contribution in [0.5, 0.6) is 0 Å². The van der Waals surface area contributed by atoms with Gasteiger partial charge in [-0.3, -0.25) is 0 Å². The SMILES string of the molecule is NCCc1nc2ccc(C(F)(F)F)cn2n1. The molecule has 0 amide bonds. The molecule has 7 heteroatoms. The summed E-state index contributed by atoms with van der Waals surface area (Å²) >= 11 is 0. The molecule has 0 atom stereocenters. The molecule has 0 unspecified atom stereocenters. The van der Waals surface area contributed by atoms with Crippen LogP contribution in [0.4, 0.5) is 13.2 Å². The summed E-state index contributed by atoms with van der Waals surface area (Å²) in [5.41, 5.74) is 4.95. The van der Waals surface area contributed by atoms with Gasteiger partial charge in [0.15, 0.2) is 11.5 Å². The Morgan fingerprint density at radius 3 is 2.69 bits per heavy atom. The first kappa shape index (κ1) is 10.9. The highest BCUT2D eigenvalue weighted by Crippen LogP contribution is 2.28. The molecule has 0 fully saturated rings. The first-order chi connectivity index (χ1) is 7.50. The van der Waals surface area contributed by atoms with Crippen molar-refractivity contribution in [2.24, 2.45) is 5.73 Å². The Bertz CT molecular complexity index is 503. The van der Waals surface area contributed by atoms with Gasteiger partial charge in [-0.25, -0.2) is 9.50 Å². The average molecular weight is 230 g/mol. The summed E-state index contributed by atoms with van der Waals surface area (Å²) in [4.78, 5) is 4.03. The minimum Gasteiger partial charge on any atom is -0.330 e. The van der Waals surface area contributed by atoms with E-state index in [9.17, 15) is 13.2 Å². The topological polar surface area (TPSA) is 56.2 Å². The maximum atomic E-state index is 12.4. The number of aromatic nitrogens is 3. The molecule has 0 aliphatic carbocycles. The van der Waals surface area contributed by atoms with Gasteiger partial charge in [-0.05, 0) is 18.7 Å². The summed E-state index contributed by atoms with van der Waals surface area (Å²) in [6.07, 6.45) is -3.00. The van der Waals surface area contributed by atoms with Gasteiger partial charge in [0.25, 0.3) is 0 Å². The normalized spacial score (nSPS) is 12.2. The van der Waals surface area contributed by atoms with E-state index in [1.54, 1.807) is 0 Å². The summed E-state index contributed by atoms with van der Waals surface area (Å²) in [7, 11) is 0. The molecular weight excluding hydrogens is 221 g/mol. The lowest BCUT2D eigenvalue weighted by Gasteiger charge is -2.05. The molecule has 2 heterocycles. The predicted octanol–water partition coefficient (Wildman–Crippen LogP) is 1.25. The lowest BCUT2D eigenvalue weighted by molar-refractivity contribution is -0.137. The molecule has 0 saturated heterocycles. The molecule has 86 valence electrons. The lowest BCUT2D eigenvalue weighted by atomic mass is 10.3. The Labute approximate surface area is 88.9 Å². The van der Waals surface area contributed by atoms with Gasteiger partial charge in [0.1, 0.15) is 0 Å². The molecule has 2 N–H and O–H groups in total. The number of alkyl halides is 3. The van der Waals surface area contributed by atoms with Crippen LogP contribution in [0.15, 0.2) is 18.3 Å². The lowest BCUT2D eigenvalue weighted by Crippen LogP contribution is -2.06. The number of rotatable bonds is 2.